The molecule has 1 fully saturated rings. The van der Waals surface area contributed by atoms with Gasteiger partial charge in [0.25, 0.3) is 0 Å². The zero-order valence-electron chi connectivity index (χ0n) is 17.3. The number of nitrogens with zero attached hydrogens (tertiary/aromatic N) is 4. The van der Waals surface area contributed by atoms with Crippen molar-refractivity contribution < 1.29 is 13.7 Å². The van der Waals surface area contributed by atoms with E-state index in [9.17, 15) is 9.32 Å². The molecule has 1 atom stereocenters. The number of aliphatic hydroxyl groups excluding tert-OH is 1. The predicted molar refractivity (Wildman–Crippen MR) is 121 cm³/mol. The maximum absolute atomic E-state index is 12.6. The smallest absolute Gasteiger partial charge is 0.228 e. The van der Waals surface area contributed by atoms with E-state index in [4.69, 9.17) is 26.0 Å². The highest BCUT2D eigenvalue weighted by Gasteiger charge is 2.39. The molecule has 0 amide bonds. The van der Waals surface area contributed by atoms with Gasteiger partial charge in [0.15, 0.2) is 0 Å². The molecule has 1 aromatic carbocycles. The van der Waals surface area contributed by atoms with Crippen LogP contribution in [0.2, 0.25) is 5.02 Å². The van der Waals surface area contributed by atoms with Gasteiger partial charge in [-0.1, -0.05) is 11.6 Å². The summed E-state index contributed by atoms with van der Waals surface area (Å²) in [6, 6.07) is 7.41. The van der Waals surface area contributed by atoms with Crippen LogP contribution >= 0.6 is 11.6 Å². The molecular weight excluding hydrogens is 450 g/mol. The Balaban J connectivity index is 1.29. The van der Waals surface area contributed by atoms with Crippen LogP contribution in [0.15, 0.2) is 33.6 Å². The molecule has 32 heavy (non-hydrogen) atoms. The van der Waals surface area contributed by atoms with Gasteiger partial charge in [-0.05, 0) is 43.5 Å². The summed E-state index contributed by atoms with van der Waals surface area (Å²) in [5.74, 6) is 3.09. The lowest BCUT2D eigenvalue weighted by Gasteiger charge is -2.41. The highest BCUT2D eigenvalue weighted by Crippen LogP contribution is 2.39. The standard InChI is InChI=1S/C22H22ClN5O3S/c23-14-4-2-13(3-5-14)20-24-16-10-28(11-17(16)31-20)21-25-15-6-9-32(30)18(15)19(26-21)27-22(12-29)7-1-8-22/h2-5,29H,1,6-12H2,(H,25,26,27)/t32-/m0/s1. The largest absolute Gasteiger partial charge is 0.439 e. The zero-order chi connectivity index (χ0) is 21.9. The van der Waals surface area contributed by atoms with E-state index in [2.05, 4.69) is 10.3 Å². The number of hydrogen-bond acceptors (Lipinski definition) is 8. The van der Waals surface area contributed by atoms with Crippen LogP contribution in [0.3, 0.4) is 0 Å². The van der Waals surface area contributed by atoms with Crippen molar-refractivity contribution in [3.05, 3.63) is 46.4 Å². The molecule has 8 nitrogen and oxygen atoms in total. The number of oxazole rings is 1. The van der Waals surface area contributed by atoms with Gasteiger partial charge in [-0.15, -0.1) is 0 Å². The van der Waals surface area contributed by atoms with Gasteiger partial charge in [0, 0.05) is 22.8 Å². The Kier molecular flexibility index (Phi) is 4.74. The number of benzene rings is 1. The van der Waals surface area contributed by atoms with Crippen LogP contribution in [0.25, 0.3) is 11.5 Å². The first-order chi connectivity index (χ1) is 15.5. The first kappa shape index (κ1) is 20.1. The third-order valence-electron chi connectivity index (χ3n) is 6.50. The van der Waals surface area contributed by atoms with Crippen molar-refractivity contribution in [2.24, 2.45) is 0 Å². The van der Waals surface area contributed by atoms with Gasteiger partial charge in [-0.3, -0.25) is 4.21 Å². The number of rotatable bonds is 5. The summed E-state index contributed by atoms with van der Waals surface area (Å²) >= 11 is 5.98. The highest BCUT2D eigenvalue weighted by molar-refractivity contribution is 7.85. The van der Waals surface area contributed by atoms with Gasteiger partial charge in [-0.2, -0.15) is 4.98 Å². The summed E-state index contributed by atoms with van der Waals surface area (Å²) < 4.78 is 18.6. The Morgan fingerprint density at radius 1 is 1.16 bits per heavy atom. The number of aromatic nitrogens is 3. The van der Waals surface area contributed by atoms with Crippen LogP contribution in [0.1, 0.15) is 36.4 Å². The Morgan fingerprint density at radius 2 is 1.97 bits per heavy atom. The summed E-state index contributed by atoms with van der Waals surface area (Å²) in [5.41, 5.74) is 2.19. The summed E-state index contributed by atoms with van der Waals surface area (Å²) in [5, 5.41) is 14.0. The van der Waals surface area contributed by atoms with Crippen molar-refractivity contribution in [1.29, 1.82) is 0 Å². The van der Waals surface area contributed by atoms with E-state index in [0.29, 0.717) is 52.8 Å². The molecule has 1 aliphatic carbocycles. The summed E-state index contributed by atoms with van der Waals surface area (Å²) in [6.07, 6.45) is 3.47. The van der Waals surface area contributed by atoms with Gasteiger partial charge in [-0.25, -0.2) is 9.97 Å². The van der Waals surface area contributed by atoms with Crippen LogP contribution in [0.4, 0.5) is 11.8 Å². The van der Waals surface area contributed by atoms with E-state index in [-0.39, 0.29) is 12.1 Å². The molecular formula is C22H22ClN5O3S. The molecule has 1 saturated carbocycles. The van der Waals surface area contributed by atoms with Crippen molar-refractivity contribution in [1.82, 2.24) is 15.0 Å². The van der Waals surface area contributed by atoms with E-state index < -0.39 is 10.8 Å². The zero-order valence-corrected chi connectivity index (χ0v) is 18.9. The topological polar surface area (TPSA) is 104 Å². The lowest BCUT2D eigenvalue weighted by molar-refractivity contribution is 0.143. The fourth-order valence-corrected chi connectivity index (χ4v) is 5.92. The van der Waals surface area contributed by atoms with Crippen molar-refractivity contribution in [3.8, 4) is 11.5 Å². The second-order valence-corrected chi connectivity index (χ2v) is 10.6. The maximum Gasteiger partial charge on any atom is 0.228 e. The van der Waals surface area contributed by atoms with Gasteiger partial charge >= 0.3 is 0 Å². The molecule has 0 unspecified atom stereocenters. The van der Waals surface area contributed by atoms with Crippen LogP contribution < -0.4 is 10.2 Å². The van der Waals surface area contributed by atoms with E-state index in [0.717, 1.165) is 42.0 Å². The summed E-state index contributed by atoms with van der Waals surface area (Å²) in [4.78, 5) is 16.9. The fourth-order valence-electron chi connectivity index (χ4n) is 4.49. The predicted octanol–water partition coefficient (Wildman–Crippen LogP) is 3.30. The minimum Gasteiger partial charge on any atom is -0.439 e. The second kappa shape index (κ2) is 7.54. The molecule has 0 bridgehead atoms. The molecule has 0 spiro atoms. The number of hydrogen-bond donors (Lipinski definition) is 2. The quantitative estimate of drug-likeness (QED) is 0.584. The van der Waals surface area contributed by atoms with Gasteiger partial charge < -0.3 is 19.7 Å². The number of aryl methyl sites for hydroxylation is 1. The minimum atomic E-state index is -1.12. The summed E-state index contributed by atoms with van der Waals surface area (Å²) in [6.45, 7) is 1.09. The SMILES string of the molecule is O=[S@]1CCc2nc(N3Cc4nc(-c5ccc(Cl)cc5)oc4C3)nc(NC3(CO)CCC3)c21. The highest BCUT2D eigenvalue weighted by atomic mass is 35.5. The Labute approximate surface area is 192 Å². The van der Waals surface area contributed by atoms with E-state index in [1.54, 1.807) is 0 Å². The molecule has 0 saturated heterocycles. The molecule has 4 heterocycles. The molecule has 3 aliphatic rings. The Bertz CT molecular complexity index is 1200. The monoisotopic (exact) mass is 471 g/mol. The van der Waals surface area contributed by atoms with Gasteiger partial charge in [0.05, 0.1) is 41.7 Å². The number of halogens is 1. The Morgan fingerprint density at radius 3 is 2.66 bits per heavy atom. The third-order valence-corrected chi connectivity index (χ3v) is 8.21. The average Bonchev–Trinajstić information content (AvgIpc) is 3.44. The third kappa shape index (κ3) is 3.30. The molecule has 2 aliphatic heterocycles. The first-order valence-corrected chi connectivity index (χ1v) is 12.4. The molecule has 10 heteroatoms. The molecule has 2 aromatic heterocycles. The number of nitrogens with one attached hydrogen (secondary N) is 1. The van der Waals surface area contributed by atoms with Crippen molar-refractivity contribution in [3.63, 3.8) is 0 Å². The van der Waals surface area contributed by atoms with Crippen molar-refractivity contribution in [2.45, 2.75) is 49.2 Å². The van der Waals surface area contributed by atoms with Crippen molar-refractivity contribution >= 4 is 34.2 Å². The number of aliphatic hydroxyl groups is 1. The van der Waals surface area contributed by atoms with Crippen LogP contribution in [0.5, 0.6) is 0 Å². The molecule has 166 valence electrons. The Hall–Kier alpha value is -2.49. The average molecular weight is 472 g/mol. The second-order valence-electron chi connectivity index (χ2n) is 8.62. The first-order valence-electron chi connectivity index (χ1n) is 10.7. The normalized spacial score (nSPS) is 20.7. The summed E-state index contributed by atoms with van der Waals surface area (Å²) in [7, 11) is -1.12. The van der Waals surface area contributed by atoms with Crippen LogP contribution in [0, 0.1) is 0 Å². The molecule has 6 rings (SSSR count). The lowest BCUT2D eigenvalue weighted by Crippen LogP contribution is -2.48. The van der Waals surface area contributed by atoms with E-state index in [1.165, 1.54) is 0 Å². The molecule has 0 radical (unpaired) electrons. The van der Waals surface area contributed by atoms with Gasteiger partial charge in [0.2, 0.25) is 11.8 Å². The van der Waals surface area contributed by atoms with Crippen molar-refractivity contribution in [2.75, 3.05) is 22.6 Å². The molecule has 3 aromatic rings. The lowest BCUT2D eigenvalue weighted by atomic mass is 9.77. The fraction of sp³-hybridized carbons (Fsp3) is 0.409. The number of fused-ring (bicyclic) bond motifs is 2. The maximum atomic E-state index is 12.6. The van der Waals surface area contributed by atoms with E-state index >= 15 is 0 Å². The van der Waals surface area contributed by atoms with Crippen LogP contribution in [-0.2, 0) is 30.3 Å². The van der Waals surface area contributed by atoms with Gasteiger partial charge in [0.1, 0.15) is 22.2 Å². The van der Waals surface area contributed by atoms with E-state index in [1.807, 2.05) is 29.2 Å². The minimum absolute atomic E-state index is 0.0311. The number of anilines is 2. The molecule has 2 N–H and O–H groups in total. The van der Waals surface area contributed by atoms with Crippen LogP contribution in [-0.4, -0.2) is 42.2 Å².